The van der Waals surface area contributed by atoms with Gasteiger partial charge < -0.3 is 10.1 Å². The Morgan fingerprint density at radius 1 is 1.15 bits per heavy atom. The van der Waals surface area contributed by atoms with Crippen LogP contribution in [-0.2, 0) is 4.74 Å². The Labute approximate surface area is 119 Å². The van der Waals surface area contributed by atoms with Gasteiger partial charge in [-0.15, -0.1) is 0 Å². The van der Waals surface area contributed by atoms with E-state index in [0.29, 0.717) is 38.8 Å². The first-order chi connectivity index (χ1) is 9.51. The predicted molar refractivity (Wildman–Crippen MR) is 73.9 cm³/mol. The van der Waals surface area contributed by atoms with Gasteiger partial charge in [0.05, 0.1) is 12.6 Å². The monoisotopic (exact) mass is 296 g/mol. The van der Waals surface area contributed by atoms with E-state index in [1.807, 2.05) is 0 Å². The van der Waals surface area contributed by atoms with Crippen LogP contribution in [0.1, 0.15) is 38.5 Å². The van der Waals surface area contributed by atoms with Crippen molar-refractivity contribution in [3.8, 4) is 0 Å². The molecule has 120 valence electrons. The Bertz CT molecular complexity index is 243. The van der Waals surface area contributed by atoms with Crippen LogP contribution in [0.4, 0.5) is 13.2 Å². The highest BCUT2D eigenvalue weighted by Gasteiger charge is 2.30. The lowest BCUT2D eigenvalue weighted by Gasteiger charge is -2.25. The molecule has 20 heavy (non-hydrogen) atoms. The summed E-state index contributed by atoms with van der Waals surface area (Å²) in [7, 11) is 1.75. The van der Waals surface area contributed by atoms with E-state index in [1.54, 1.807) is 7.05 Å². The molecule has 1 saturated carbocycles. The van der Waals surface area contributed by atoms with Crippen molar-refractivity contribution in [2.24, 2.45) is 0 Å². The molecule has 1 N–H and O–H groups in total. The van der Waals surface area contributed by atoms with Gasteiger partial charge in [-0.3, -0.25) is 4.90 Å². The van der Waals surface area contributed by atoms with Crippen molar-refractivity contribution >= 4 is 0 Å². The zero-order valence-electron chi connectivity index (χ0n) is 12.3. The fraction of sp³-hybridized carbons (Fsp3) is 1.00. The molecular weight excluding hydrogens is 269 g/mol. The quantitative estimate of drug-likeness (QED) is 0.662. The predicted octanol–water partition coefficient (Wildman–Crippen LogP) is 2.81. The number of ether oxygens (including phenoxy) is 1. The molecule has 1 aliphatic carbocycles. The van der Waals surface area contributed by atoms with Crippen molar-refractivity contribution in [2.75, 3.05) is 39.8 Å². The van der Waals surface area contributed by atoms with E-state index in [-0.39, 0.29) is 0 Å². The molecule has 0 aromatic rings. The number of nitrogens with zero attached hydrogens (tertiary/aromatic N) is 1. The zero-order chi connectivity index (χ0) is 14.8. The minimum Gasteiger partial charge on any atom is -0.378 e. The number of hydrogen-bond acceptors (Lipinski definition) is 3. The number of hydrogen-bond donors (Lipinski definition) is 1. The summed E-state index contributed by atoms with van der Waals surface area (Å²) in [4.78, 5) is 1.45. The SMILES string of the molecule is CNCCN(CCCOC1CCCCC1)CC(F)(F)F. The fourth-order valence-electron chi connectivity index (χ4n) is 2.56. The highest BCUT2D eigenvalue weighted by Crippen LogP contribution is 2.20. The van der Waals surface area contributed by atoms with Crippen LogP contribution in [0.3, 0.4) is 0 Å². The van der Waals surface area contributed by atoms with E-state index in [0.717, 1.165) is 12.8 Å². The molecule has 1 aliphatic rings. The molecule has 0 aliphatic heterocycles. The highest BCUT2D eigenvalue weighted by atomic mass is 19.4. The molecule has 0 spiro atoms. The van der Waals surface area contributed by atoms with Crippen molar-refractivity contribution in [2.45, 2.75) is 50.8 Å². The number of alkyl halides is 3. The van der Waals surface area contributed by atoms with Gasteiger partial charge in [0.1, 0.15) is 0 Å². The molecule has 0 heterocycles. The molecule has 0 aromatic carbocycles. The summed E-state index contributed by atoms with van der Waals surface area (Å²) < 4.78 is 43.1. The first-order valence-corrected chi connectivity index (χ1v) is 7.56. The molecule has 0 aromatic heterocycles. The van der Waals surface area contributed by atoms with Crippen LogP contribution >= 0.6 is 0 Å². The minimum absolute atomic E-state index is 0.331. The van der Waals surface area contributed by atoms with Crippen LogP contribution < -0.4 is 5.32 Å². The van der Waals surface area contributed by atoms with E-state index in [1.165, 1.54) is 24.2 Å². The van der Waals surface area contributed by atoms with Crippen LogP contribution in [0.2, 0.25) is 0 Å². The third-order valence-corrected chi connectivity index (χ3v) is 3.61. The Balaban J connectivity index is 2.16. The summed E-state index contributed by atoms with van der Waals surface area (Å²) in [5.41, 5.74) is 0. The van der Waals surface area contributed by atoms with Crippen molar-refractivity contribution in [3.63, 3.8) is 0 Å². The summed E-state index contributed by atoms with van der Waals surface area (Å²) in [5.74, 6) is 0. The second-order valence-corrected chi connectivity index (χ2v) is 5.48. The van der Waals surface area contributed by atoms with Gasteiger partial charge in [0.15, 0.2) is 0 Å². The van der Waals surface area contributed by atoms with Crippen LogP contribution in [0.15, 0.2) is 0 Å². The Morgan fingerprint density at radius 2 is 1.85 bits per heavy atom. The Morgan fingerprint density at radius 3 is 2.45 bits per heavy atom. The lowest BCUT2D eigenvalue weighted by Crippen LogP contribution is -2.39. The molecule has 0 radical (unpaired) electrons. The zero-order valence-corrected chi connectivity index (χ0v) is 12.3. The van der Waals surface area contributed by atoms with E-state index in [4.69, 9.17) is 4.74 Å². The molecule has 6 heteroatoms. The van der Waals surface area contributed by atoms with Gasteiger partial charge in [0.2, 0.25) is 0 Å². The van der Waals surface area contributed by atoms with Crippen LogP contribution in [-0.4, -0.2) is 57.0 Å². The van der Waals surface area contributed by atoms with Gasteiger partial charge in [-0.1, -0.05) is 19.3 Å². The van der Waals surface area contributed by atoms with Crippen LogP contribution in [0, 0.1) is 0 Å². The first-order valence-electron chi connectivity index (χ1n) is 7.56. The van der Waals surface area contributed by atoms with Crippen molar-refractivity contribution < 1.29 is 17.9 Å². The average molecular weight is 296 g/mol. The van der Waals surface area contributed by atoms with Gasteiger partial charge in [-0.05, 0) is 26.3 Å². The number of halogens is 3. The maximum atomic E-state index is 12.4. The van der Waals surface area contributed by atoms with Crippen molar-refractivity contribution in [1.82, 2.24) is 10.2 Å². The highest BCUT2D eigenvalue weighted by molar-refractivity contribution is 4.67. The molecule has 0 unspecified atom stereocenters. The molecule has 0 saturated heterocycles. The molecule has 3 nitrogen and oxygen atoms in total. The summed E-state index contributed by atoms with van der Waals surface area (Å²) in [6.07, 6.45) is 2.78. The topological polar surface area (TPSA) is 24.5 Å². The van der Waals surface area contributed by atoms with Crippen LogP contribution in [0.5, 0.6) is 0 Å². The van der Waals surface area contributed by atoms with Gasteiger partial charge in [0.25, 0.3) is 0 Å². The second-order valence-electron chi connectivity index (χ2n) is 5.48. The summed E-state index contributed by atoms with van der Waals surface area (Å²) in [6.45, 7) is 1.16. The lowest BCUT2D eigenvalue weighted by atomic mass is 9.98. The molecule has 1 fully saturated rings. The van der Waals surface area contributed by atoms with Gasteiger partial charge >= 0.3 is 6.18 Å². The summed E-state index contributed by atoms with van der Waals surface area (Å²) >= 11 is 0. The number of nitrogens with one attached hydrogen (secondary N) is 1. The summed E-state index contributed by atoms with van der Waals surface area (Å²) in [6, 6.07) is 0. The second kappa shape index (κ2) is 9.58. The van der Waals surface area contributed by atoms with Gasteiger partial charge in [-0.2, -0.15) is 13.2 Å². The third kappa shape index (κ3) is 8.76. The van der Waals surface area contributed by atoms with Crippen molar-refractivity contribution in [1.29, 1.82) is 0 Å². The minimum atomic E-state index is -4.13. The molecule has 0 amide bonds. The van der Waals surface area contributed by atoms with E-state index in [9.17, 15) is 13.2 Å². The van der Waals surface area contributed by atoms with Crippen molar-refractivity contribution in [3.05, 3.63) is 0 Å². The van der Waals surface area contributed by atoms with Gasteiger partial charge in [0, 0.05) is 26.2 Å². The molecule has 0 atom stereocenters. The number of likely N-dealkylation sites (N-methyl/N-ethyl adjacent to an activating group) is 1. The Hall–Kier alpha value is -0.330. The summed E-state index contributed by atoms with van der Waals surface area (Å²) in [5, 5.41) is 2.89. The van der Waals surface area contributed by atoms with Crippen LogP contribution in [0.25, 0.3) is 0 Å². The first kappa shape index (κ1) is 17.7. The normalized spacial score (nSPS) is 17.9. The molecular formula is C14H27F3N2O. The largest absolute Gasteiger partial charge is 0.401 e. The fourth-order valence-corrected chi connectivity index (χ4v) is 2.56. The van der Waals surface area contributed by atoms with E-state index >= 15 is 0 Å². The van der Waals surface area contributed by atoms with Gasteiger partial charge in [-0.25, -0.2) is 0 Å². The van der Waals surface area contributed by atoms with E-state index in [2.05, 4.69) is 5.32 Å². The number of rotatable bonds is 9. The van der Waals surface area contributed by atoms with E-state index < -0.39 is 12.7 Å². The maximum absolute atomic E-state index is 12.4. The smallest absolute Gasteiger partial charge is 0.378 e. The lowest BCUT2D eigenvalue weighted by molar-refractivity contribution is -0.146. The molecule has 0 bridgehead atoms. The molecule has 1 rings (SSSR count). The third-order valence-electron chi connectivity index (χ3n) is 3.61. The maximum Gasteiger partial charge on any atom is 0.401 e. The standard InChI is InChI=1S/C14H27F3N2O/c1-18-8-10-19(12-14(15,16)17)9-5-11-20-13-6-3-2-4-7-13/h13,18H,2-12H2,1H3. The Kier molecular flexibility index (Phi) is 8.49. The average Bonchev–Trinajstić information content (AvgIpc) is 2.40.